The van der Waals surface area contributed by atoms with Crippen LogP contribution in [0.15, 0.2) is 71.7 Å². The van der Waals surface area contributed by atoms with Crippen molar-refractivity contribution in [3.63, 3.8) is 0 Å². The number of aliphatic carboxylic acids is 1. The Labute approximate surface area is 129 Å². The van der Waals surface area contributed by atoms with E-state index in [2.05, 4.69) is 4.99 Å². The van der Waals surface area contributed by atoms with E-state index in [1.165, 1.54) is 0 Å². The van der Waals surface area contributed by atoms with E-state index in [0.717, 1.165) is 16.8 Å². The van der Waals surface area contributed by atoms with Crippen LogP contribution in [-0.4, -0.2) is 22.8 Å². The zero-order valence-corrected chi connectivity index (χ0v) is 12.1. The molecule has 1 N–H and O–H groups in total. The Bertz CT molecular complexity index is 705. The average molecular weight is 291 g/mol. The molecular formula is C19H17NO2. The van der Waals surface area contributed by atoms with Crippen LogP contribution in [0.3, 0.4) is 0 Å². The first kappa shape index (κ1) is 14.3. The van der Waals surface area contributed by atoms with E-state index in [9.17, 15) is 9.90 Å². The van der Waals surface area contributed by atoms with Gasteiger partial charge in [-0.05, 0) is 23.6 Å². The Morgan fingerprint density at radius 2 is 1.64 bits per heavy atom. The lowest BCUT2D eigenvalue weighted by atomic mass is 9.90. The molecule has 0 bridgehead atoms. The largest absolute Gasteiger partial charge is 0.480 e. The van der Waals surface area contributed by atoms with Gasteiger partial charge in [-0.3, -0.25) is 4.99 Å². The number of carboxylic acid groups (broad SMARTS) is 1. The van der Waals surface area contributed by atoms with Gasteiger partial charge in [0.05, 0.1) is 0 Å². The summed E-state index contributed by atoms with van der Waals surface area (Å²) in [6, 6.07) is 19.0. The molecule has 110 valence electrons. The molecular weight excluding hydrogens is 274 g/mol. The second kappa shape index (κ2) is 6.39. The van der Waals surface area contributed by atoms with E-state index >= 15 is 0 Å². The molecule has 22 heavy (non-hydrogen) atoms. The first-order chi connectivity index (χ1) is 10.7. The Hall–Kier alpha value is -2.68. The smallest absolute Gasteiger partial charge is 0.329 e. The van der Waals surface area contributed by atoms with Crippen molar-refractivity contribution in [1.82, 2.24) is 0 Å². The molecule has 0 fully saturated rings. The molecule has 0 radical (unpaired) electrons. The number of hydrogen-bond acceptors (Lipinski definition) is 2. The second-order valence-electron chi connectivity index (χ2n) is 5.37. The van der Waals surface area contributed by atoms with Gasteiger partial charge < -0.3 is 5.11 Å². The molecule has 1 aliphatic rings. The summed E-state index contributed by atoms with van der Waals surface area (Å²) in [5, 5.41) is 9.42. The zero-order chi connectivity index (χ0) is 15.4. The van der Waals surface area contributed by atoms with Gasteiger partial charge in [-0.1, -0.05) is 66.7 Å². The monoisotopic (exact) mass is 291 g/mol. The number of nitrogens with zero attached hydrogens (tertiary/aromatic N) is 1. The summed E-state index contributed by atoms with van der Waals surface area (Å²) in [5.41, 5.74) is 2.95. The van der Waals surface area contributed by atoms with E-state index in [1.54, 1.807) is 0 Å². The maximum Gasteiger partial charge on any atom is 0.329 e. The third-order valence-electron chi connectivity index (χ3n) is 3.86. The minimum absolute atomic E-state index is 0.0888. The molecule has 0 saturated carbocycles. The van der Waals surface area contributed by atoms with Gasteiger partial charge in [0.2, 0.25) is 0 Å². The van der Waals surface area contributed by atoms with Crippen LogP contribution in [-0.2, 0) is 4.79 Å². The highest BCUT2D eigenvalue weighted by Crippen LogP contribution is 2.32. The van der Waals surface area contributed by atoms with Crippen LogP contribution >= 0.6 is 0 Å². The van der Waals surface area contributed by atoms with Gasteiger partial charge in [0, 0.05) is 11.6 Å². The van der Waals surface area contributed by atoms with Crippen LogP contribution in [0, 0.1) is 0 Å². The summed E-state index contributed by atoms with van der Waals surface area (Å²) in [5.74, 6) is -0.953. The van der Waals surface area contributed by atoms with Crippen molar-refractivity contribution < 1.29 is 9.90 Å². The summed E-state index contributed by atoms with van der Waals surface area (Å²) in [6.07, 6.45) is 4.56. The molecule has 2 atom stereocenters. The van der Waals surface area contributed by atoms with Crippen LogP contribution in [0.4, 0.5) is 0 Å². The maximum absolute atomic E-state index is 11.5. The van der Waals surface area contributed by atoms with Gasteiger partial charge in [-0.25, -0.2) is 4.79 Å². The first-order valence-electron chi connectivity index (χ1n) is 7.31. The Balaban J connectivity index is 1.81. The molecule has 3 nitrogen and oxygen atoms in total. The van der Waals surface area contributed by atoms with E-state index in [4.69, 9.17) is 0 Å². The summed E-state index contributed by atoms with van der Waals surface area (Å²) in [4.78, 5) is 15.9. The van der Waals surface area contributed by atoms with Crippen molar-refractivity contribution in [2.45, 2.75) is 18.4 Å². The van der Waals surface area contributed by atoms with E-state index in [0.29, 0.717) is 6.42 Å². The molecule has 3 rings (SSSR count). The summed E-state index contributed by atoms with van der Waals surface area (Å²) in [7, 11) is 0. The summed E-state index contributed by atoms with van der Waals surface area (Å²) < 4.78 is 0. The van der Waals surface area contributed by atoms with Crippen LogP contribution in [0.1, 0.15) is 23.5 Å². The fourth-order valence-electron chi connectivity index (χ4n) is 2.75. The quantitative estimate of drug-likeness (QED) is 0.932. The van der Waals surface area contributed by atoms with Crippen molar-refractivity contribution in [2.24, 2.45) is 4.99 Å². The first-order valence-corrected chi connectivity index (χ1v) is 7.31. The van der Waals surface area contributed by atoms with Crippen LogP contribution in [0.25, 0.3) is 6.08 Å². The lowest BCUT2D eigenvalue weighted by Gasteiger charge is -2.14. The second-order valence-corrected chi connectivity index (χ2v) is 5.37. The fraction of sp³-hybridized carbons (Fsp3) is 0.158. The van der Waals surface area contributed by atoms with Gasteiger partial charge in [0.1, 0.15) is 0 Å². The number of aliphatic imine (C=N–C) groups is 1. The molecule has 2 aromatic rings. The average Bonchev–Trinajstić information content (AvgIpc) is 2.99. The molecule has 1 heterocycles. The van der Waals surface area contributed by atoms with Gasteiger partial charge >= 0.3 is 5.97 Å². The number of hydrogen-bond donors (Lipinski definition) is 1. The zero-order valence-electron chi connectivity index (χ0n) is 12.1. The van der Waals surface area contributed by atoms with Crippen LogP contribution in [0.2, 0.25) is 0 Å². The Morgan fingerprint density at radius 3 is 2.27 bits per heavy atom. The third kappa shape index (κ3) is 3.14. The van der Waals surface area contributed by atoms with Crippen LogP contribution in [0.5, 0.6) is 0 Å². The Kier molecular flexibility index (Phi) is 4.15. The predicted octanol–water partition coefficient (Wildman–Crippen LogP) is 3.78. The number of rotatable bonds is 4. The molecule has 0 aliphatic carbocycles. The maximum atomic E-state index is 11.5. The van der Waals surface area contributed by atoms with Crippen LogP contribution < -0.4 is 0 Å². The lowest BCUT2D eigenvalue weighted by Crippen LogP contribution is -2.22. The third-order valence-corrected chi connectivity index (χ3v) is 3.86. The fourth-order valence-corrected chi connectivity index (χ4v) is 2.75. The number of benzene rings is 2. The van der Waals surface area contributed by atoms with Gasteiger partial charge in [0.25, 0.3) is 0 Å². The Morgan fingerprint density at radius 1 is 1.00 bits per heavy atom. The molecule has 2 aromatic carbocycles. The number of carboxylic acids is 1. The van der Waals surface area contributed by atoms with E-state index in [1.807, 2.05) is 72.8 Å². The van der Waals surface area contributed by atoms with Gasteiger partial charge in [-0.15, -0.1) is 0 Å². The molecule has 3 heteroatoms. The molecule has 0 aromatic heterocycles. The van der Waals surface area contributed by atoms with Crippen molar-refractivity contribution in [2.75, 3.05) is 0 Å². The highest BCUT2D eigenvalue weighted by atomic mass is 16.4. The normalized spacial score (nSPS) is 21.0. The minimum Gasteiger partial charge on any atom is -0.480 e. The summed E-state index contributed by atoms with van der Waals surface area (Å²) in [6.45, 7) is 0. The SMILES string of the molecule is O=C(O)[C@H]1N=C(/C=C/c2ccccc2)C[C@@H]1c1ccccc1. The molecule has 0 unspecified atom stereocenters. The van der Waals surface area contributed by atoms with Crippen molar-refractivity contribution in [3.8, 4) is 0 Å². The predicted molar refractivity (Wildman–Crippen MR) is 88.1 cm³/mol. The number of allylic oxidation sites excluding steroid dienone is 1. The molecule has 0 saturated heterocycles. The molecule has 0 spiro atoms. The highest BCUT2D eigenvalue weighted by molar-refractivity contribution is 6.02. The van der Waals surface area contributed by atoms with Crippen molar-refractivity contribution in [3.05, 3.63) is 77.9 Å². The molecule has 0 amide bonds. The molecule has 1 aliphatic heterocycles. The minimum atomic E-state index is -0.864. The van der Waals surface area contributed by atoms with Gasteiger partial charge in [-0.2, -0.15) is 0 Å². The lowest BCUT2D eigenvalue weighted by molar-refractivity contribution is -0.138. The number of carbonyl (C=O) groups is 1. The highest BCUT2D eigenvalue weighted by Gasteiger charge is 2.34. The van der Waals surface area contributed by atoms with E-state index in [-0.39, 0.29) is 5.92 Å². The standard InChI is InChI=1S/C19H17NO2/c21-19(22)18-17(15-9-5-2-6-10-15)13-16(20-18)12-11-14-7-3-1-4-8-14/h1-12,17-18H,13H2,(H,21,22)/b12-11+/t17-,18+/m1/s1. The topological polar surface area (TPSA) is 49.7 Å². The summed E-state index contributed by atoms with van der Waals surface area (Å²) >= 11 is 0. The van der Waals surface area contributed by atoms with E-state index < -0.39 is 12.0 Å². The van der Waals surface area contributed by atoms with Crippen molar-refractivity contribution >= 4 is 17.8 Å². The van der Waals surface area contributed by atoms with Crippen molar-refractivity contribution in [1.29, 1.82) is 0 Å². The van der Waals surface area contributed by atoms with Gasteiger partial charge in [0.15, 0.2) is 6.04 Å².